The Balaban J connectivity index is 0.000000850. The lowest BCUT2D eigenvalue weighted by Crippen LogP contribution is -2.65. The van der Waals surface area contributed by atoms with Gasteiger partial charge in [0.2, 0.25) is 5.78 Å². The van der Waals surface area contributed by atoms with Crippen molar-refractivity contribution in [1.82, 2.24) is 4.90 Å². The molecule has 0 saturated heterocycles. The predicted molar refractivity (Wildman–Crippen MR) is 146 cm³/mol. The lowest BCUT2D eigenvalue weighted by atomic mass is 9.57. The first-order valence-electron chi connectivity index (χ1n) is 12.5. The second-order valence-electron chi connectivity index (χ2n) is 10.9. The van der Waals surface area contributed by atoms with Crippen molar-refractivity contribution >= 4 is 45.0 Å². The van der Waals surface area contributed by atoms with Crippen molar-refractivity contribution in [2.45, 2.75) is 38.3 Å². The first-order valence-corrected chi connectivity index (χ1v) is 13.9. The molecular formula is C25H34N4O11S. The van der Waals surface area contributed by atoms with Gasteiger partial charge in [0.15, 0.2) is 11.4 Å². The number of phenolic OH excluding ortho intramolecular Hbond substituents is 1. The highest BCUT2D eigenvalue weighted by molar-refractivity contribution is 7.79. The van der Waals surface area contributed by atoms with Crippen LogP contribution in [0.2, 0.25) is 0 Å². The van der Waals surface area contributed by atoms with Crippen LogP contribution in [0.1, 0.15) is 31.4 Å². The highest BCUT2D eigenvalue weighted by Crippen LogP contribution is 2.54. The van der Waals surface area contributed by atoms with Crippen molar-refractivity contribution in [3.8, 4) is 5.75 Å². The van der Waals surface area contributed by atoms with E-state index in [-0.39, 0.29) is 35.6 Å². The number of hydrogen-bond donors (Lipinski definition) is 9. The number of amides is 1. The maximum Gasteiger partial charge on any atom is 0.394 e. The van der Waals surface area contributed by atoms with Gasteiger partial charge in [0, 0.05) is 23.7 Å². The van der Waals surface area contributed by atoms with Crippen LogP contribution < -0.4 is 16.8 Å². The summed E-state index contributed by atoms with van der Waals surface area (Å²) in [5, 5.41) is 47.7. The monoisotopic (exact) mass is 598 g/mol. The minimum Gasteiger partial charge on any atom is -0.508 e. The molecule has 1 aromatic carbocycles. The molecule has 0 aromatic heterocycles. The summed E-state index contributed by atoms with van der Waals surface area (Å²) in [6.45, 7) is 4.62. The fourth-order valence-electron chi connectivity index (χ4n) is 5.80. The maximum atomic E-state index is 13.8. The molecule has 0 heterocycles. The van der Waals surface area contributed by atoms with E-state index < -0.39 is 74.2 Å². The first-order chi connectivity index (χ1) is 18.7. The summed E-state index contributed by atoms with van der Waals surface area (Å²) in [6.07, 6.45) is 0.226. The third kappa shape index (κ3) is 5.60. The van der Waals surface area contributed by atoms with Crippen LogP contribution in [0.4, 0.5) is 11.4 Å². The standard InChI is InChI=1S/C25H32N4O7.H2O4S/c1-9(2)8-28-14-7-13(26)19(30)16-11(14)5-10-6-12-18(29(3)4)21(32)17(24(27)35)23(34)25(12,36)22(33)15(10)20(16)31;1-5(2,3)4/h7,9-10,12,18,28,30-31,34,36H,5-6,8,26H2,1-4H3,(H2,27,35);(H2,1,2,3,4)/t10?,12?,18-,25-;/m0./s1. The van der Waals surface area contributed by atoms with Gasteiger partial charge in [0.05, 0.1) is 17.3 Å². The van der Waals surface area contributed by atoms with Gasteiger partial charge in [-0.2, -0.15) is 8.42 Å². The van der Waals surface area contributed by atoms with Crippen LogP contribution >= 0.6 is 0 Å². The number of hydrogen-bond acceptors (Lipinski definition) is 12. The van der Waals surface area contributed by atoms with Crippen LogP contribution in [0.15, 0.2) is 23.0 Å². The van der Waals surface area contributed by atoms with E-state index in [1.807, 2.05) is 13.8 Å². The summed E-state index contributed by atoms with van der Waals surface area (Å²) in [5.41, 5.74) is 8.69. The summed E-state index contributed by atoms with van der Waals surface area (Å²) >= 11 is 0. The molecule has 1 saturated carbocycles. The number of phenols is 1. The van der Waals surface area contributed by atoms with Gasteiger partial charge in [0.25, 0.3) is 5.91 Å². The summed E-state index contributed by atoms with van der Waals surface area (Å²) < 4.78 is 31.6. The van der Waals surface area contributed by atoms with Gasteiger partial charge in [0.1, 0.15) is 22.8 Å². The largest absolute Gasteiger partial charge is 0.508 e. The van der Waals surface area contributed by atoms with Crippen LogP contribution in [0, 0.1) is 17.8 Å². The molecule has 11 N–H and O–H groups in total. The van der Waals surface area contributed by atoms with Crippen molar-refractivity contribution in [2.24, 2.45) is 23.5 Å². The van der Waals surface area contributed by atoms with Crippen molar-refractivity contribution in [3.05, 3.63) is 34.1 Å². The number of carbonyl (C=O) groups excluding carboxylic acids is 3. The number of Topliss-reactive ketones (excluding diaryl/α,β-unsaturated/α-hetero) is 2. The predicted octanol–water partition coefficient (Wildman–Crippen LogP) is -0.0387. The minimum absolute atomic E-state index is 0.0138. The summed E-state index contributed by atoms with van der Waals surface area (Å²) in [6, 6.07) is 0.441. The summed E-state index contributed by atoms with van der Waals surface area (Å²) in [7, 11) is -1.55. The van der Waals surface area contributed by atoms with E-state index in [4.69, 9.17) is 29.0 Å². The van der Waals surface area contributed by atoms with E-state index in [1.54, 1.807) is 20.2 Å². The number of nitrogens with zero attached hydrogens (tertiary/aromatic N) is 1. The van der Waals surface area contributed by atoms with Crippen LogP contribution in [-0.2, 0) is 31.2 Å². The molecule has 15 nitrogen and oxygen atoms in total. The number of primary amides is 1. The minimum atomic E-state index is -4.67. The number of aromatic hydroxyl groups is 1. The van der Waals surface area contributed by atoms with Gasteiger partial charge >= 0.3 is 10.4 Å². The van der Waals surface area contributed by atoms with E-state index >= 15 is 0 Å². The van der Waals surface area contributed by atoms with E-state index in [1.165, 1.54) is 4.90 Å². The lowest BCUT2D eigenvalue weighted by molar-refractivity contribution is -0.153. The van der Waals surface area contributed by atoms with Gasteiger partial charge in [-0.25, -0.2) is 0 Å². The fourth-order valence-corrected chi connectivity index (χ4v) is 5.80. The quantitative estimate of drug-likeness (QED) is 0.0707. The van der Waals surface area contributed by atoms with Crippen molar-refractivity contribution < 1.29 is 52.3 Å². The number of benzene rings is 1. The molecule has 0 radical (unpaired) electrons. The molecule has 0 aliphatic heterocycles. The fraction of sp³-hybridized carbons (Fsp3) is 0.480. The Morgan fingerprint density at radius 3 is 2.24 bits per heavy atom. The van der Waals surface area contributed by atoms with E-state index in [9.17, 15) is 34.8 Å². The molecule has 0 spiro atoms. The molecule has 4 atom stereocenters. The van der Waals surface area contributed by atoms with Crippen molar-refractivity contribution in [3.63, 3.8) is 0 Å². The zero-order valence-corrected chi connectivity index (χ0v) is 23.6. The van der Waals surface area contributed by atoms with Crippen LogP contribution in [0.3, 0.4) is 0 Å². The Hall–Kier alpha value is -3.70. The maximum absolute atomic E-state index is 13.8. The van der Waals surface area contributed by atoms with Crippen LogP contribution in [-0.4, -0.2) is 92.6 Å². The Kier molecular flexibility index (Phi) is 8.49. The van der Waals surface area contributed by atoms with Gasteiger partial charge in [-0.1, -0.05) is 13.8 Å². The number of fused-ring (bicyclic) bond motifs is 3. The lowest BCUT2D eigenvalue weighted by Gasteiger charge is -2.50. The highest BCUT2D eigenvalue weighted by atomic mass is 32.3. The zero-order valence-electron chi connectivity index (χ0n) is 22.7. The molecule has 1 aromatic rings. The number of aliphatic hydroxyl groups is 3. The van der Waals surface area contributed by atoms with Gasteiger partial charge in [-0.15, -0.1) is 0 Å². The Morgan fingerprint density at radius 1 is 1.20 bits per heavy atom. The third-order valence-corrected chi connectivity index (χ3v) is 7.45. The molecule has 2 unspecified atom stereocenters. The molecule has 1 fully saturated rings. The number of anilines is 2. The van der Waals surface area contributed by atoms with Gasteiger partial charge < -0.3 is 37.2 Å². The average molecular weight is 599 g/mol. The van der Waals surface area contributed by atoms with E-state index in [2.05, 4.69) is 5.32 Å². The molecule has 41 heavy (non-hydrogen) atoms. The van der Waals surface area contributed by atoms with Crippen molar-refractivity contribution in [2.75, 3.05) is 31.7 Å². The van der Waals surface area contributed by atoms with Crippen LogP contribution in [0.5, 0.6) is 5.75 Å². The Morgan fingerprint density at radius 2 is 1.76 bits per heavy atom. The van der Waals surface area contributed by atoms with E-state index in [0.29, 0.717) is 17.8 Å². The molecular weight excluding hydrogens is 564 g/mol. The number of aliphatic hydroxyl groups excluding tert-OH is 2. The summed E-state index contributed by atoms with van der Waals surface area (Å²) in [4.78, 5) is 40.4. The summed E-state index contributed by atoms with van der Waals surface area (Å²) in [5.74, 6) is -6.68. The SMILES string of the molecule is CC(C)CNc1cc(N)c(O)c2c1CC1CC3[C@H](N(C)C)C(=O)C(C(N)=O)=C(O)[C@@]3(O)C(=O)C1=C2O.O=S(=O)(O)O. The second kappa shape index (κ2) is 10.9. The third-order valence-electron chi connectivity index (χ3n) is 7.45. The topological polar surface area (TPSA) is 274 Å². The average Bonchev–Trinajstić information content (AvgIpc) is 2.81. The van der Waals surface area contributed by atoms with Gasteiger partial charge in [-0.3, -0.25) is 28.4 Å². The van der Waals surface area contributed by atoms with Gasteiger partial charge in [-0.05, 0) is 50.4 Å². The molecule has 3 aliphatic rings. The Bertz CT molecular complexity index is 1470. The zero-order chi connectivity index (χ0) is 31.4. The number of nitrogens with two attached hydrogens (primary N) is 2. The molecule has 16 heteroatoms. The molecule has 3 aliphatic carbocycles. The number of nitrogen functional groups attached to an aromatic ring is 1. The molecule has 226 valence electrons. The second-order valence-corrected chi connectivity index (χ2v) is 11.8. The van der Waals surface area contributed by atoms with Crippen molar-refractivity contribution in [1.29, 1.82) is 0 Å². The van der Waals surface area contributed by atoms with Crippen LogP contribution in [0.25, 0.3) is 5.76 Å². The number of ketones is 2. The Labute approximate surface area is 235 Å². The smallest absolute Gasteiger partial charge is 0.394 e. The first kappa shape index (κ1) is 31.8. The number of nitrogens with one attached hydrogen (secondary N) is 1. The number of carbonyl (C=O) groups is 3. The molecule has 1 amide bonds. The molecule has 0 bridgehead atoms. The van der Waals surface area contributed by atoms with E-state index in [0.717, 1.165) is 0 Å². The molecule has 4 rings (SSSR count). The number of likely N-dealkylation sites (N-methyl/N-ethyl adjacent to an activating group) is 1. The highest BCUT2D eigenvalue weighted by Gasteiger charge is 2.64. The number of rotatable bonds is 5. The normalized spacial score (nSPS) is 25.8.